The third kappa shape index (κ3) is 0.483. The lowest BCUT2D eigenvalue weighted by molar-refractivity contribution is -0.129. The molecule has 72 valence electrons. The molecule has 0 aromatic heterocycles. The van der Waals surface area contributed by atoms with Crippen LogP contribution in [0.15, 0.2) is 12.2 Å². The van der Waals surface area contributed by atoms with Crippen LogP contribution < -0.4 is 5.32 Å². The fraction of sp³-hybridized carbons (Fsp3) is 0.636. The molecule has 0 aromatic carbocycles. The molecular formula is C11H11NO2. The highest BCUT2D eigenvalue weighted by Gasteiger charge is 2.71. The Labute approximate surface area is 81.5 Å². The highest BCUT2D eigenvalue weighted by atomic mass is 16.2. The topological polar surface area (TPSA) is 46.2 Å². The summed E-state index contributed by atoms with van der Waals surface area (Å²) in [4.78, 5) is 23.2. The Morgan fingerprint density at radius 3 is 2.64 bits per heavy atom. The lowest BCUT2D eigenvalue weighted by atomic mass is 9.52. The minimum atomic E-state index is -0.0278. The van der Waals surface area contributed by atoms with Crippen LogP contribution in [0, 0.1) is 29.1 Å². The van der Waals surface area contributed by atoms with Crippen LogP contribution in [0.2, 0.25) is 0 Å². The van der Waals surface area contributed by atoms with Crippen molar-refractivity contribution in [1.29, 1.82) is 0 Å². The van der Waals surface area contributed by atoms with Gasteiger partial charge in [0, 0.05) is 0 Å². The van der Waals surface area contributed by atoms with E-state index in [1.165, 1.54) is 6.42 Å². The number of amides is 2. The molecule has 4 aliphatic rings. The van der Waals surface area contributed by atoms with Crippen LogP contribution in [-0.2, 0) is 9.59 Å². The number of fused-ring (bicyclic) bond motifs is 3. The Hall–Kier alpha value is -1.12. The van der Waals surface area contributed by atoms with Gasteiger partial charge in [-0.05, 0) is 30.1 Å². The maximum Gasteiger partial charge on any atom is 0.231 e. The normalized spacial score (nSPS) is 56.9. The molecule has 1 saturated heterocycles. The van der Waals surface area contributed by atoms with E-state index in [1.54, 1.807) is 0 Å². The molecule has 0 bridgehead atoms. The van der Waals surface area contributed by atoms with Crippen molar-refractivity contribution >= 4 is 11.8 Å². The molecule has 1 heterocycles. The number of rotatable bonds is 0. The van der Waals surface area contributed by atoms with Crippen LogP contribution in [0.25, 0.3) is 0 Å². The minimum absolute atomic E-state index is 0.00347. The fourth-order valence-electron chi connectivity index (χ4n) is 4.12. The predicted octanol–water partition coefficient (Wildman–Crippen LogP) is 0.471. The number of hydrogen-bond donors (Lipinski definition) is 1. The van der Waals surface area contributed by atoms with Gasteiger partial charge in [0.1, 0.15) is 0 Å². The van der Waals surface area contributed by atoms with Crippen molar-refractivity contribution in [3.8, 4) is 0 Å². The van der Waals surface area contributed by atoms with E-state index in [9.17, 15) is 9.59 Å². The van der Waals surface area contributed by atoms with Crippen molar-refractivity contribution in [2.24, 2.45) is 29.1 Å². The summed E-state index contributed by atoms with van der Waals surface area (Å²) in [5.74, 6) is 0.770. The number of hydrogen-bond acceptors (Lipinski definition) is 2. The molecule has 1 N–H and O–H groups in total. The van der Waals surface area contributed by atoms with Crippen molar-refractivity contribution in [3.63, 3.8) is 0 Å². The molecule has 4 rings (SSSR count). The van der Waals surface area contributed by atoms with Gasteiger partial charge in [0.15, 0.2) is 0 Å². The lowest BCUT2D eigenvalue weighted by Gasteiger charge is -2.52. The summed E-state index contributed by atoms with van der Waals surface area (Å²) in [6.45, 7) is 0. The smallest absolute Gasteiger partial charge is 0.231 e. The SMILES string of the molecule is O=C1NC(=O)C2C1C1C=CC13CCC23. The summed E-state index contributed by atoms with van der Waals surface area (Å²) in [6.07, 6.45) is 6.69. The van der Waals surface area contributed by atoms with Crippen molar-refractivity contribution in [1.82, 2.24) is 5.32 Å². The van der Waals surface area contributed by atoms with E-state index in [1.807, 2.05) is 0 Å². The molecule has 1 aliphatic heterocycles. The average Bonchev–Trinajstić information content (AvgIpc) is 2.33. The maximum absolute atomic E-state index is 11.6. The fourth-order valence-corrected chi connectivity index (χ4v) is 4.12. The second-order valence-electron chi connectivity index (χ2n) is 5.05. The van der Waals surface area contributed by atoms with Crippen LogP contribution in [-0.4, -0.2) is 11.8 Å². The molecule has 3 aliphatic carbocycles. The largest absolute Gasteiger partial charge is 0.296 e. The third-order valence-corrected chi connectivity index (χ3v) is 4.87. The van der Waals surface area contributed by atoms with Crippen molar-refractivity contribution in [2.75, 3.05) is 0 Å². The summed E-state index contributed by atoms with van der Waals surface area (Å²) in [7, 11) is 0. The zero-order chi connectivity index (χ0) is 9.50. The van der Waals surface area contributed by atoms with Gasteiger partial charge in [-0.3, -0.25) is 14.9 Å². The molecule has 1 spiro atoms. The van der Waals surface area contributed by atoms with Crippen molar-refractivity contribution < 1.29 is 9.59 Å². The first-order valence-electron chi connectivity index (χ1n) is 5.28. The van der Waals surface area contributed by atoms with Gasteiger partial charge in [-0.25, -0.2) is 0 Å². The highest BCUT2D eigenvalue weighted by molar-refractivity contribution is 6.06. The molecule has 2 amide bonds. The van der Waals surface area contributed by atoms with Crippen LogP contribution in [0.4, 0.5) is 0 Å². The van der Waals surface area contributed by atoms with Crippen LogP contribution in [0.5, 0.6) is 0 Å². The lowest BCUT2D eigenvalue weighted by Crippen LogP contribution is -2.47. The number of carbonyl (C=O) groups is 2. The quantitative estimate of drug-likeness (QED) is 0.445. The second-order valence-corrected chi connectivity index (χ2v) is 5.05. The first kappa shape index (κ1) is 7.21. The Balaban J connectivity index is 1.87. The Kier molecular flexibility index (Phi) is 0.932. The first-order valence-corrected chi connectivity index (χ1v) is 5.28. The maximum atomic E-state index is 11.6. The van der Waals surface area contributed by atoms with Gasteiger partial charge >= 0.3 is 0 Å². The number of nitrogens with one attached hydrogen (secondary N) is 1. The van der Waals surface area contributed by atoms with Gasteiger partial charge in [0.05, 0.1) is 11.8 Å². The van der Waals surface area contributed by atoms with E-state index < -0.39 is 0 Å². The molecule has 14 heavy (non-hydrogen) atoms. The molecule has 5 atom stereocenters. The van der Waals surface area contributed by atoms with Crippen molar-refractivity contribution in [3.05, 3.63) is 12.2 Å². The second kappa shape index (κ2) is 1.81. The number of imide groups is 1. The van der Waals surface area contributed by atoms with E-state index in [-0.39, 0.29) is 29.1 Å². The molecule has 3 heteroatoms. The average molecular weight is 189 g/mol. The molecule has 0 radical (unpaired) electrons. The Morgan fingerprint density at radius 2 is 2.07 bits per heavy atom. The number of allylic oxidation sites excluding steroid dienone is 2. The van der Waals surface area contributed by atoms with Gasteiger partial charge in [0.25, 0.3) is 0 Å². The Morgan fingerprint density at radius 1 is 1.29 bits per heavy atom. The summed E-state index contributed by atoms with van der Waals surface area (Å²) in [6, 6.07) is 0. The number of carbonyl (C=O) groups excluding carboxylic acids is 2. The van der Waals surface area contributed by atoms with E-state index >= 15 is 0 Å². The molecular weight excluding hydrogens is 178 g/mol. The molecule has 3 nitrogen and oxygen atoms in total. The van der Waals surface area contributed by atoms with Gasteiger partial charge in [0.2, 0.25) is 11.8 Å². The van der Waals surface area contributed by atoms with Crippen molar-refractivity contribution in [2.45, 2.75) is 12.8 Å². The minimum Gasteiger partial charge on any atom is -0.296 e. The summed E-state index contributed by atoms with van der Waals surface area (Å²) in [5.41, 5.74) is 0.267. The Bertz CT molecular complexity index is 400. The van der Waals surface area contributed by atoms with E-state index in [4.69, 9.17) is 0 Å². The van der Waals surface area contributed by atoms with Gasteiger partial charge in [-0.15, -0.1) is 0 Å². The first-order chi connectivity index (χ1) is 6.74. The summed E-state index contributed by atoms with van der Waals surface area (Å²) < 4.78 is 0. The predicted molar refractivity (Wildman–Crippen MR) is 47.9 cm³/mol. The third-order valence-electron chi connectivity index (χ3n) is 4.87. The zero-order valence-corrected chi connectivity index (χ0v) is 7.69. The molecule has 0 aromatic rings. The van der Waals surface area contributed by atoms with Gasteiger partial charge in [-0.1, -0.05) is 12.2 Å². The van der Waals surface area contributed by atoms with Crippen LogP contribution in [0.3, 0.4) is 0 Å². The zero-order valence-electron chi connectivity index (χ0n) is 7.69. The highest BCUT2D eigenvalue weighted by Crippen LogP contribution is 2.71. The summed E-state index contributed by atoms with van der Waals surface area (Å²) >= 11 is 0. The van der Waals surface area contributed by atoms with E-state index in [0.717, 1.165) is 6.42 Å². The van der Waals surface area contributed by atoms with Gasteiger partial charge < -0.3 is 0 Å². The van der Waals surface area contributed by atoms with E-state index in [0.29, 0.717) is 11.8 Å². The van der Waals surface area contributed by atoms with Crippen LogP contribution in [0.1, 0.15) is 12.8 Å². The van der Waals surface area contributed by atoms with Crippen LogP contribution >= 0.6 is 0 Å². The van der Waals surface area contributed by atoms with E-state index in [2.05, 4.69) is 17.5 Å². The standard InChI is InChI=1S/C11H11NO2/c13-9-7-5-1-3-11(5)4-2-6(11)8(7)10(14)12-9/h1,3,5-8H,2,4H2,(H,12,13,14). The monoisotopic (exact) mass is 189 g/mol. The summed E-state index contributed by atoms with van der Waals surface area (Å²) in [5, 5.41) is 2.47. The molecule has 3 fully saturated rings. The van der Waals surface area contributed by atoms with Gasteiger partial charge in [-0.2, -0.15) is 0 Å². The molecule has 2 saturated carbocycles. The molecule has 5 unspecified atom stereocenters.